The van der Waals surface area contributed by atoms with E-state index >= 15 is 0 Å². The summed E-state index contributed by atoms with van der Waals surface area (Å²) in [5, 5.41) is 3.44. The Balaban J connectivity index is 1.97. The number of rotatable bonds is 3. The third-order valence-corrected chi connectivity index (χ3v) is 5.57. The highest BCUT2D eigenvalue weighted by Crippen LogP contribution is 2.23. The van der Waals surface area contributed by atoms with Gasteiger partial charge in [-0.1, -0.05) is 11.8 Å². The fourth-order valence-electron chi connectivity index (χ4n) is 1.78. The van der Waals surface area contributed by atoms with Gasteiger partial charge in [-0.3, -0.25) is 4.79 Å². The molecule has 6 heteroatoms. The molecule has 1 aromatic rings. The van der Waals surface area contributed by atoms with Crippen LogP contribution in [0.3, 0.4) is 0 Å². The number of amides is 1. The van der Waals surface area contributed by atoms with E-state index in [1.54, 1.807) is 18.3 Å². The minimum absolute atomic E-state index is 0.164. The number of thioether (sulfide) groups is 2. The second-order valence-corrected chi connectivity index (χ2v) is 6.74. The average Bonchev–Trinajstić information content (AvgIpc) is 2.52. The molecule has 0 spiro atoms. The quantitative estimate of drug-likeness (QED) is 0.815. The first kappa shape index (κ1) is 15.2. The van der Waals surface area contributed by atoms with Gasteiger partial charge in [0.15, 0.2) is 0 Å². The molecule has 1 amide bonds. The molecule has 1 unspecified atom stereocenters. The zero-order chi connectivity index (χ0) is 14.2. The van der Waals surface area contributed by atoms with Gasteiger partial charge < -0.3 is 11.1 Å². The number of carbonyl (C=O) groups excluding carboxylic acids is 1. The van der Waals surface area contributed by atoms with Gasteiger partial charge >= 0.3 is 0 Å². The highest BCUT2D eigenvalue weighted by atomic mass is 32.2. The number of hydrogen-bond donors (Lipinski definition) is 2. The van der Waals surface area contributed by atoms with Crippen molar-refractivity contribution in [3.63, 3.8) is 0 Å². The van der Waals surface area contributed by atoms with Gasteiger partial charge in [0.25, 0.3) is 5.91 Å². The molecule has 0 bridgehead atoms. The third-order valence-electron chi connectivity index (χ3n) is 2.72. The van der Waals surface area contributed by atoms with Crippen LogP contribution in [0.4, 0.5) is 0 Å². The van der Waals surface area contributed by atoms with Crippen molar-refractivity contribution in [1.29, 1.82) is 0 Å². The first-order valence-electron chi connectivity index (χ1n) is 6.42. The molecule has 1 aliphatic heterocycles. The molecular weight excluding hydrogens is 290 g/mol. The minimum atomic E-state index is -0.164. The standard InChI is InChI=1S/C14H17N3OS2/c15-5-1-3-11-4-2-6-16-13(11)14(18)17-9-12-10-19-7-8-20-12/h2,4,6,12H,5,7-10,15H2,(H,17,18). The van der Waals surface area contributed by atoms with Crippen LogP contribution in [0.1, 0.15) is 16.1 Å². The Morgan fingerprint density at radius 3 is 3.20 bits per heavy atom. The van der Waals surface area contributed by atoms with Crippen molar-refractivity contribution in [2.45, 2.75) is 5.25 Å². The van der Waals surface area contributed by atoms with Crippen LogP contribution in [0.2, 0.25) is 0 Å². The van der Waals surface area contributed by atoms with Crippen LogP contribution in [0.5, 0.6) is 0 Å². The highest BCUT2D eigenvalue weighted by molar-refractivity contribution is 8.06. The number of pyridine rings is 1. The number of hydrogen-bond acceptors (Lipinski definition) is 5. The summed E-state index contributed by atoms with van der Waals surface area (Å²) in [6, 6.07) is 3.56. The van der Waals surface area contributed by atoms with E-state index in [0.717, 1.165) is 11.5 Å². The zero-order valence-electron chi connectivity index (χ0n) is 11.1. The van der Waals surface area contributed by atoms with E-state index in [0.29, 0.717) is 23.1 Å². The van der Waals surface area contributed by atoms with Crippen LogP contribution >= 0.6 is 23.5 Å². The highest BCUT2D eigenvalue weighted by Gasteiger charge is 2.17. The Hall–Kier alpha value is -1.16. The SMILES string of the molecule is NCC#Cc1cccnc1C(=O)NCC1CSCCS1. The Kier molecular flexibility index (Phi) is 6.25. The molecule has 106 valence electrons. The van der Waals surface area contributed by atoms with Crippen LogP contribution in [0.25, 0.3) is 0 Å². The maximum atomic E-state index is 12.2. The molecule has 3 N–H and O–H groups in total. The molecule has 1 saturated heterocycles. The minimum Gasteiger partial charge on any atom is -0.350 e. The van der Waals surface area contributed by atoms with Crippen molar-refractivity contribution < 1.29 is 4.79 Å². The molecule has 20 heavy (non-hydrogen) atoms. The van der Waals surface area contributed by atoms with E-state index in [1.807, 2.05) is 23.5 Å². The van der Waals surface area contributed by atoms with E-state index in [-0.39, 0.29) is 12.5 Å². The maximum Gasteiger partial charge on any atom is 0.271 e. The molecule has 0 aliphatic carbocycles. The van der Waals surface area contributed by atoms with Gasteiger partial charge in [0, 0.05) is 35.3 Å². The number of nitrogens with zero attached hydrogens (tertiary/aromatic N) is 1. The van der Waals surface area contributed by atoms with E-state index in [1.165, 1.54) is 5.75 Å². The third kappa shape index (κ3) is 4.44. The van der Waals surface area contributed by atoms with E-state index in [4.69, 9.17) is 5.73 Å². The topological polar surface area (TPSA) is 68.0 Å². The monoisotopic (exact) mass is 307 g/mol. The van der Waals surface area contributed by atoms with Gasteiger partial charge in [-0.15, -0.1) is 0 Å². The molecular formula is C14H17N3OS2. The van der Waals surface area contributed by atoms with Crippen molar-refractivity contribution in [2.24, 2.45) is 5.73 Å². The van der Waals surface area contributed by atoms with Gasteiger partial charge in [0.2, 0.25) is 0 Å². The lowest BCUT2D eigenvalue weighted by molar-refractivity contribution is 0.0949. The largest absolute Gasteiger partial charge is 0.350 e. The lowest BCUT2D eigenvalue weighted by atomic mass is 10.2. The number of aromatic nitrogens is 1. The van der Waals surface area contributed by atoms with Crippen molar-refractivity contribution in [3.8, 4) is 11.8 Å². The molecule has 0 radical (unpaired) electrons. The summed E-state index contributed by atoms with van der Waals surface area (Å²) in [4.78, 5) is 16.3. The number of carbonyl (C=O) groups is 1. The predicted molar refractivity (Wildman–Crippen MR) is 86.1 cm³/mol. The molecule has 1 atom stereocenters. The van der Waals surface area contributed by atoms with Gasteiger partial charge in [0.1, 0.15) is 5.69 Å². The van der Waals surface area contributed by atoms with Crippen LogP contribution in [0.15, 0.2) is 18.3 Å². The summed E-state index contributed by atoms with van der Waals surface area (Å²) < 4.78 is 0. The van der Waals surface area contributed by atoms with Crippen LogP contribution in [-0.2, 0) is 0 Å². The van der Waals surface area contributed by atoms with Crippen LogP contribution in [0, 0.1) is 11.8 Å². The lowest BCUT2D eigenvalue weighted by Crippen LogP contribution is -2.34. The zero-order valence-corrected chi connectivity index (χ0v) is 12.7. The first-order chi connectivity index (χ1) is 9.81. The van der Waals surface area contributed by atoms with Crippen molar-refractivity contribution in [2.75, 3.05) is 30.3 Å². The van der Waals surface area contributed by atoms with Gasteiger partial charge in [0.05, 0.1) is 12.1 Å². The summed E-state index contributed by atoms with van der Waals surface area (Å²) >= 11 is 3.86. The van der Waals surface area contributed by atoms with Crippen LogP contribution < -0.4 is 11.1 Å². The van der Waals surface area contributed by atoms with Crippen molar-refractivity contribution >= 4 is 29.4 Å². The Morgan fingerprint density at radius 2 is 2.45 bits per heavy atom. The molecule has 1 fully saturated rings. The Labute approximate surface area is 127 Å². The summed E-state index contributed by atoms with van der Waals surface area (Å²) in [6.07, 6.45) is 1.60. The van der Waals surface area contributed by atoms with Gasteiger partial charge in [-0.2, -0.15) is 23.5 Å². The van der Waals surface area contributed by atoms with E-state index in [2.05, 4.69) is 22.1 Å². The molecule has 1 aliphatic rings. The molecule has 0 aromatic carbocycles. The van der Waals surface area contributed by atoms with Gasteiger partial charge in [-0.05, 0) is 12.1 Å². The average molecular weight is 307 g/mol. The maximum absolute atomic E-state index is 12.2. The summed E-state index contributed by atoms with van der Waals surface area (Å²) in [5.41, 5.74) is 6.36. The predicted octanol–water partition coefficient (Wildman–Crippen LogP) is 0.970. The number of nitrogens with one attached hydrogen (secondary N) is 1. The summed E-state index contributed by atoms with van der Waals surface area (Å²) in [7, 11) is 0. The second kappa shape index (κ2) is 8.20. The van der Waals surface area contributed by atoms with Gasteiger partial charge in [-0.25, -0.2) is 4.98 Å². The molecule has 2 rings (SSSR count). The normalized spacial score (nSPS) is 17.9. The lowest BCUT2D eigenvalue weighted by Gasteiger charge is -2.21. The molecule has 4 nitrogen and oxygen atoms in total. The summed E-state index contributed by atoms with van der Waals surface area (Å²) in [6.45, 7) is 0.947. The van der Waals surface area contributed by atoms with E-state index < -0.39 is 0 Å². The van der Waals surface area contributed by atoms with Crippen molar-refractivity contribution in [3.05, 3.63) is 29.6 Å². The molecule has 1 aromatic heterocycles. The number of nitrogens with two attached hydrogens (primary N) is 1. The Bertz CT molecular complexity index is 519. The molecule has 0 saturated carbocycles. The van der Waals surface area contributed by atoms with Crippen molar-refractivity contribution in [1.82, 2.24) is 10.3 Å². The molecule has 2 heterocycles. The second-order valence-electron chi connectivity index (χ2n) is 4.18. The Morgan fingerprint density at radius 1 is 1.55 bits per heavy atom. The fraction of sp³-hybridized carbons (Fsp3) is 0.429. The first-order valence-corrected chi connectivity index (χ1v) is 8.63. The fourth-order valence-corrected chi connectivity index (χ4v) is 4.39. The van der Waals surface area contributed by atoms with Crippen LogP contribution in [-0.4, -0.2) is 46.5 Å². The summed E-state index contributed by atoms with van der Waals surface area (Å²) in [5.74, 6) is 8.92. The smallest absolute Gasteiger partial charge is 0.271 e. The van der Waals surface area contributed by atoms with E-state index in [9.17, 15) is 4.79 Å².